The molecule has 1 atom stereocenters. The molecule has 2 aromatic rings. The van der Waals surface area contributed by atoms with E-state index in [4.69, 9.17) is 0 Å². The minimum absolute atomic E-state index is 0. The third kappa shape index (κ3) is 8.25. The molecule has 170 valence electrons. The standard InChI is InChI=1S/C23H35N7.HI/c1-19-6-8-21(9-7-19)20(2)18-28-22(24-3)25-12-5-13-29-14-16-30(17-15-29)23-26-10-4-11-27-23;/h4,6-11,20H,5,12-18H2,1-3H3,(H2,24,25,28);1H. The first-order valence-electron chi connectivity index (χ1n) is 10.9. The number of hydrogen-bond acceptors (Lipinski definition) is 5. The summed E-state index contributed by atoms with van der Waals surface area (Å²) in [5.74, 6) is 2.16. The van der Waals surface area contributed by atoms with Crippen LogP contribution in [0.3, 0.4) is 0 Å². The second-order valence-corrected chi connectivity index (χ2v) is 7.92. The van der Waals surface area contributed by atoms with Crippen molar-refractivity contribution < 1.29 is 0 Å². The zero-order valence-electron chi connectivity index (χ0n) is 18.9. The van der Waals surface area contributed by atoms with E-state index in [-0.39, 0.29) is 24.0 Å². The predicted molar refractivity (Wildman–Crippen MR) is 140 cm³/mol. The predicted octanol–water partition coefficient (Wildman–Crippen LogP) is 2.88. The van der Waals surface area contributed by atoms with Crippen LogP contribution in [0.5, 0.6) is 0 Å². The van der Waals surface area contributed by atoms with Gasteiger partial charge in [-0.3, -0.25) is 9.89 Å². The van der Waals surface area contributed by atoms with Gasteiger partial charge in [0.05, 0.1) is 0 Å². The van der Waals surface area contributed by atoms with Crippen LogP contribution < -0.4 is 15.5 Å². The Balaban J connectivity index is 0.00000341. The molecule has 0 radical (unpaired) electrons. The van der Waals surface area contributed by atoms with Crippen LogP contribution in [0.25, 0.3) is 0 Å². The van der Waals surface area contributed by atoms with Gasteiger partial charge in [0, 0.05) is 58.7 Å². The quantitative estimate of drug-likeness (QED) is 0.234. The maximum absolute atomic E-state index is 4.36. The molecule has 0 spiro atoms. The Labute approximate surface area is 203 Å². The maximum Gasteiger partial charge on any atom is 0.225 e. The molecule has 7 nitrogen and oxygen atoms in total. The monoisotopic (exact) mass is 537 g/mol. The highest BCUT2D eigenvalue weighted by Crippen LogP contribution is 2.14. The van der Waals surface area contributed by atoms with E-state index in [1.54, 1.807) is 0 Å². The lowest BCUT2D eigenvalue weighted by molar-refractivity contribution is 0.254. The first kappa shape index (κ1) is 25.3. The lowest BCUT2D eigenvalue weighted by Gasteiger charge is -2.34. The summed E-state index contributed by atoms with van der Waals surface area (Å²) in [7, 11) is 1.83. The van der Waals surface area contributed by atoms with Crippen molar-refractivity contribution >= 4 is 35.9 Å². The van der Waals surface area contributed by atoms with Crippen LogP contribution in [0.15, 0.2) is 47.7 Å². The smallest absolute Gasteiger partial charge is 0.225 e. The number of aryl methyl sites for hydroxylation is 1. The fourth-order valence-corrected chi connectivity index (χ4v) is 3.62. The molecule has 1 fully saturated rings. The van der Waals surface area contributed by atoms with Crippen LogP contribution in [0, 0.1) is 6.92 Å². The Morgan fingerprint density at radius 1 is 1.06 bits per heavy atom. The van der Waals surface area contributed by atoms with Gasteiger partial charge in [0.2, 0.25) is 5.95 Å². The van der Waals surface area contributed by atoms with Crippen molar-refractivity contribution in [3.05, 3.63) is 53.9 Å². The van der Waals surface area contributed by atoms with E-state index in [1.165, 1.54) is 11.1 Å². The second kappa shape index (κ2) is 13.5. The molecule has 1 saturated heterocycles. The van der Waals surface area contributed by atoms with E-state index >= 15 is 0 Å². The number of guanidine groups is 1. The maximum atomic E-state index is 4.36. The molecule has 0 amide bonds. The summed E-state index contributed by atoms with van der Waals surface area (Å²) >= 11 is 0. The number of anilines is 1. The van der Waals surface area contributed by atoms with Crippen molar-refractivity contribution in [1.82, 2.24) is 25.5 Å². The zero-order chi connectivity index (χ0) is 21.2. The summed E-state index contributed by atoms with van der Waals surface area (Å²) in [5.41, 5.74) is 2.65. The number of rotatable bonds is 8. The van der Waals surface area contributed by atoms with Crippen LogP contribution in [0.2, 0.25) is 0 Å². The van der Waals surface area contributed by atoms with Crippen molar-refractivity contribution in [3.8, 4) is 0 Å². The number of halogens is 1. The molecule has 3 rings (SSSR count). The van der Waals surface area contributed by atoms with E-state index in [0.29, 0.717) is 5.92 Å². The van der Waals surface area contributed by atoms with E-state index in [2.05, 4.69) is 73.5 Å². The molecule has 1 aliphatic heterocycles. The summed E-state index contributed by atoms with van der Waals surface area (Å²) in [6, 6.07) is 10.6. The van der Waals surface area contributed by atoms with Crippen LogP contribution in [0.4, 0.5) is 5.95 Å². The van der Waals surface area contributed by atoms with E-state index in [9.17, 15) is 0 Å². The second-order valence-electron chi connectivity index (χ2n) is 7.92. The minimum Gasteiger partial charge on any atom is -0.356 e. The Bertz CT molecular complexity index is 774. The van der Waals surface area contributed by atoms with Crippen molar-refractivity contribution in [2.24, 2.45) is 4.99 Å². The van der Waals surface area contributed by atoms with Crippen LogP contribution in [-0.2, 0) is 0 Å². The Kier molecular flexibility index (Phi) is 11.0. The molecule has 1 unspecified atom stereocenters. The molecular formula is C23H36IN7. The summed E-state index contributed by atoms with van der Waals surface area (Å²) in [5, 5.41) is 6.89. The summed E-state index contributed by atoms with van der Waals surface area (Å²) in [6.07, 6.45) is 4.71. The van der Waals surface area contributed by atoms with Gasteiger partial charge in [0.15, 0.2) is 5.96 Å². The van der Waals surface area contributed by atoms with Gasteiger partial charge >= 0.3 is 0 Å². The number of hydrogen-bond donors (Lipinski definition) is 2. The number of nitrogens with one attached hydrogen (secondary N) is 2. The van der Waals surface area contributed by atoms with Crippen molar-refractivity contribution in [2.75, 3.05) is 57.8 Å². The van der Waals surface area contributed by atoms with Gasteiger partial charge in [-0.15, -0.1) is 24.0 Å². The Morgan fingerprint density at radius 2 is 1.74 bits per heavy atom. The molecule has 2 heterocycles. The molecule has 0 aliphatic carbocycles. The minimum atomic E-state index is 0. The van der Waals surface area contributed by atoms with Crippen molar-refractivity contribution in [3.63, 3.8) is 0 Å². The van der Waals surface area contributed by atoms with E-state index < -0.39 is 0 Å². The fourth-order valence-electron chi connectivity index (χ4n) is 3.62. The van der Waals surface area contributed by atoms with E-state index in [0.717, 1.165) is 64.1 Å². The lowest BCUT2D eigenvalue weighted by atomic mass is 10.0. The molecular weight excluding hydrogens is 501 g/mol. The normalized spacial score (nSPS) is 15.8. The summed E-state index contributed by atoms with van der Waals surface area (Å²) in [4.78, 5) is 17.8. The molecule has 8 heteroatoms. The topological polar surface area (TPSA) is 68.7 Å². The van der Waals surface area contributed by atoms with Gasteiger partial charge in [0.25, 0.3) is 0 Å². The van der Waals surface area contributed by atoms with Gasteiger partial charge in [-0.1, -0.05) is 36.8 Å². The third-order valence-electron chi connectivity index (χ3n) is 5.60. The number of aliphatic imine (C=N–C) groups is 1. The highest BCUT2D eigenvalue weighted by molar-refractivity contribution is 14.0. The zero-order valence-corrected chi connectivity index (χ0v) is 21.3. The average Bonchev–Trinajstić information content (AvgIpc) is 2.80. The van der Waals surface area contributed by atoms with Crippen LogP contribution >= 0.6 is 24.0 Å². The molecule has 1 aromatic heterocycles. The van der Waals surface area contributed by atoms with Gasteiger partial charge in [-0.2, -0.15) is 0 Å². The van der Waals surface area contributed by atoms with Crippen molar-refractivity contribution in [2.45, 2.75) is 26.2 Å². The Morgan fingerprint density at radius 3 is 2.39 bits per heavy atom. The van der Waals surface area contributed by atoms with E-state index in [1.807, 2.05) is 25.5 Å². The van der Waals surface area contributed by atoms with Gasteiger partial charge in [0.1, 0.15) is 0 Å². The van der Waals surface area contributed by atoms with Gasteiger partial charge < -0.3 is 15.5 Å². The highest BCUT2D eigenvalue weighted by Gasteiger charge is 2.18. The lowest BCUT2D eigenvalue weighted by Crippen LogP contribution is -2.47. The van der Waals surface area contributed by atoms with Gasteiger partial charge in [-0.25, -0.2) is 9.97 Å². The number of aromatic nitrogens is 2. The third-order valence-corrected chi connectivity index (χ3v) is 5.60. The Hall–Kier alpha value is -1.94. The molecule has 0 saturated carbocycles. The molecule has 2 N–H and O–H groups in total. The molecule has 1 aliphatic rings. The SMILES string of the molecule is CN=C(NCCCN1CCN(c2ncccn2)CC1)NCC(C)c1ccc(C)cc1.I. The largest absolute Gasteiger partial charge is 0.356 e. The average molecular weight is 537 g/mol. The fraction of sp³-hybridized carbons (Fsp3) is 0.522. The van der Waals surface area contributed by atoms with Crippen molar-refractivity contribution in [1.29, 1.82) is 0 Å². The van der Waals surface area contributed by atoms with Crippen LogP contribution in [0.1, 0.15) is 30.4 Å². The summed E-state index contributed by atoms with van der Waals surface area (Å²) < 4.78 is 0. The number of nitrogens with zero attached hydrogens (tertiary/aromatic N) is 5. The highest BCUT2D eigenvalue weighted by atomic mass is 127. The van der Waals surface area contributed by atoms with Gasteiger partial charge in [-0.05, 0) is 37.4 Å². The number of piperazine rings is 1. The molecule has 1 aromatic carbocycles. The summed E-state index contributed by atoms with van der Waals surface area (Å²) in [6.45, 7) is 11.3. The number of benzene rings is 1. The molecule has 31 heavy (non-hydrogen) atoms. The first-order valence-corrected chi connectivity index (χ1v) is 10.9. The van der Waals surface area contributed by atoms with Crippen LogP contribution in [-0.4, -0.2) is 73.7 Å². The molecule has 0 bridgehead atoms. The first-order chi connectivity index (χ1) is 14.7.